The van der Waals surface area contributed by atoms with Crippen molar-refractivity contribution in [1.82, 2.24) is 4.31 Å². The van der Waals surface area contributed by atoms with E-state index in [2.05, 4.69) is 0 Å². The Morgan fingerprint density at radius 3 is 2.70 bits per heavy atom. The van der Waals surface area contributed by atoms with E-state index in [-0.39, 0.29) is 6.04 Å². The van der Waals surface area contributed by atoms with Gasteiger partial charge in [-0.2, -0.15) is 4.31 Å². The Hall–Kier alpha value is -0.140. The van der Waals surface area contributed by atoms with Crippen molar-refractivity contribution in [3.63, 3.8) is 0 Å². The summed E-state index contributed by atoms with van der Waals surface area (Å²) in [5.41, 5.74) is 6.82. The van der Waals surface area contributed by atoms with Crippen LogP contribution >= 0.6 is 22.9 Å². The van der Waals surface area contributed by atoms with Crippen LogP contribution in [0.3, 0.4) is 0 Å². The number of halogens is 1. The fraction of sp³-hybridized carbons (Fsp3) is 0.692. The first-order valence-corrected chi connectivity index (χ1v) is 9.53. The molecule has 1 unspecified atom stereocenters. The Morgan fingerprint density at radius 2 is 2.05 bits per heavy atom. The number of thiophene rings is 1. The maximum atomic E-state index is 12.7. The predicted molar refractivity (Wildman–Crippen MR) is 81.6 cm³/mol. The first-order chi connectivity index (χ1) is 9.38. The van der Waals surface area contributed by atoms with Gasteiger partial charge in [0.15, 0.2) is 0 Å². The summed E-state index contributed by atoms with van der Waals surface area (Å²) in [4.78, 5) is 0. The van der Waals surface area contributed by atoms with Crippen LogP contribution in [0.5, 0.6) is 0 Å². The number of nitrogens with two attached hydrogens (primary N) is 1. The van der Waals surface area contributed by atoms with Gasteiger partial charge >= 0.3 is 0 Å². The summed E-state index contributed by atoms with van der Waals surface area (Å²) in [6, 6.07) is 1.91. The van der Waals surface area contributed by atoms with E-state index in [4.69, 9.17) is 17.3 Å². The van der Waals surface area contributed by atoms with Gasteiger partial charge in [0, 0.05) is 19.1 Å². The van der Waals surface area contributed by atoms with Crippen LogP contribution in [0.4, 0.5) is 0 Å². The van der Waals surface area contributed by atoms with Crippen LogP contribution in [0.25, 0.3) is 0 Å². The Balaban J connectivity index is 1.83. The summed E-state index contributed by atoms with van der Waals surface area (Å²) in [7, 11) is -3.39. The standard InChI is InChI=1S/C13H19ClN2O2S2/c1-8-4-12(19-13(8)14)20(17,18)16-6-9-2-3-11(15)5-10(9)7-16/h4,9-11H,2-3,5-7,15H2,1H3/t9-,10+,11?/m1/s1. The third-order valence-electron chi connectivity index (χ3n) is 4.49. The summed E-state index contributed by atoms with van der Waals surface area (Å²) in [5.74, 6) is 0.895. The van der Waals surface area contributed by atoms with Crippen molar-refractivity contribution in [1.29, 1.82) is 0 Å². The highest BCUT2D eigenvalue weighted by Crippen LogP contribution is 2.39. The van der Waals surface area contributed by atoms with E-state index in [1.54, 1.807) is 10.4 Å². The highest BCUT2D eigenvalue weighted by Gasteiger charge is 2.42. The van der Waals surface area contributed by atoms with Crippen molar-refractivity contribution in [2.75, 3.05) is 13.1 Å². The van der Waals surface area contributed by atoms with E-state index in [1.165, 1.54) is 0 Å². The van der Waals surface area contributed by atoms with Gasteiger partial charge in [-0.3, -0.25) is 0 Å². The van der Waals surface area contributed by atoms with E-state index >= 15 is 0 Å². The number of hydrogen-bond acceptors (Lipinski definition) is 4. The largest absolute Gasteiger partial charge is 0.328 e. The molecule has 4 nitrogen and oxygen atoms in total. The first-order valence-electron chi connectivity index (χ1n) is 6.89. The second-order valence-electron chi connectivity index (χ2n) is 5.94. The Kier molecular flexibility index (Phi) is 3.88. The zero-order valence-corrected chi connectivity index (χ0v) is 13.8. The van der Waals surface area contributed by atoms with Crippen LogP contribution in [0.1, 0.15) is 24.8 Å². The third-order valence-corrected chi connectivity index (χ3v) is 8.32. The van der Waals surface area contributed by atoms with Crippen molar-refractivity contribution in [3.8, 4) is 0 Å². The fourth-order valence-electron chi connectivity index (χ4n) is 3.31. The Bertz CT molecular complexity index is 594. The van der Waals surface area contributed by atoms with E-state index < -0.39 is 10.0 Å². The van der Waals surface area contributed by atoms with Gasteiger partial charge in [0.2, 0.25) is 0 Å². The number of fused-ring (bicyclic) bond motifs is 1. The lowest BCUT2D eigenvalue weighted by Crippen LogP contribution is -2.32. The maximum Gasteiger partial charge on any atom is 0.252 e. The van der Waals surface area contributed by atoms with Gasteiger partial charge < -0.3 is 5.73 Å². The normalized spacial score (nSPS) is 31.4. The maximum absolute atomic E-state index is 12.7. The van der Waals surface area contributed by atoms with Crippen molar-refractivity contribution in [3.05, 3.63) is 16.0 Å². The summed E-state index contributed by atoms with van der Waals surface area (Å²) in [6.07, 6.45) is 3.00. The molecule has 3 rings (SSSR count). The van der Waals surface area contributed by atoms with Gasteiger partial charge in [-0.05, 0) is 49.7 Å². The molecule has 112 valence electrons. The van der Waals surface area contributed by atoms with Gasteiger partial charge in [-0.15, -0.1) is 11.3 Å². The molecule has 2 fully saturated rings. The smallest absolute Gasteiger partial charge is 0.252 e. The molecule has 2 N–H and O–H groups in total. The topological polar surface area (TPSA) is 63.4 Å². The van der Waals surface area contributed by atoms with Crippen LogP contribution in [0, 0.1) is 18.8 Å². The van der Waals surface area contributed by atoms with Gasteiger partial charge in [0.05, 0.1) is 4.34 Å². The molecule has 1 aliphatic carbocycles. The number of aryl methyl sites for hydroxylation is 1. The molecule has 0 bridgehead atoms. The minimum absolute atomic E-state index is 0.234. The first kappa shape index (κ1) is 14.8. The molecule has 2 aliphatic rings. The molecular formula is C13H19ClN2O2S2. The molecule has 7 heteroatoms. The van der Waals surface area contributed by atoms with Crippen LogP contribution in [-0.4, -0.2) is 31.9 Å². The predicted octanol–water partition coefficient (Wildman–Crippen LogP) is 2.46. The lowest BCUT2D eigenvalue weighted by Gasteiger charge is -2.28. The minimum Gasteiger partial charge on any atom is -0.328 e. The number of rotatable bonds is 2. The van der Waals surface area contributed by atoms with E-state index in [9.17, 15) is 8.42 Å². The second kappa shape index (κ2) is 5.25. The number of hydrogen-bond donors (Lipinski definition) is 1. The minimum atomic E-state index is -3.39. The molecule has 0 radical (unpaired) electrons. The molecule has 1 aliphatic heterocycles. The molecule has 3 atom stereocenters. The van der Waals surface area contributed by atoms with Gasteiger partial charge in [0.1, 0.15) is 4.21 Å². The molecule has 0 aromatic carbocycles. The monoisotopic (exact) mass is 334 g/mol. The van der Waals surface area contributed by atoms with Crippen molar-refractivity contribution in [2.45, 2.75) is 36.4 Å². The van der Waals surface area contributed by atoms with Crippen molar-refractivity contribution >= 4 is 33.0 Å². The average molecular weight is 335 g/mol. The van der Waals surface area contributed by atoms with E-state index in [0.29, 0.717) is 33.5 Å². The molecule has 20 heavy (non-hydrogen) atoms. The highest BCUT2D eigenvalue weighted by atomic mass is 35.5. The van der Waals surface area contributed by atoms with Crippen LogP contribution in [-0.2, 0) is 10.0 Å². The molecule has 0 amide bonds. The van der Waals surface area contributed by atoms with Gasteiger partial charge in [0.25, 0.3) is 10.0 Å². The van der Waals surface area contributed by atoms with Gasteiger partial charge in [-0.25, -0.2) is 8.42 Å². The van der Waals surface area contributed by atoms with Gasteiger partial charge in [-0.1, -0.05) is 11.6 Å². The van der Waals surface area contributed by atoms with Crippen LogP contribution in [0.15, 0.2) is 10.3 Å². The van der Waals surface area contributed by atoms with Crippen LogP contribution < -0.4 is 5.73 Å². The van der Waals surface area contributed by atoms with E-state index in [0.717, 1.165) is 36.2 Å². The number of nitrogens with zero attached hydrogens (tertiary/aromatic N) is 1. The molecule has 1 aromatic rings. The van der Waals surface area contributed by atoms with E-state index in [1.807, 2.05) is 6.92 Å². The molecular weight excluding hydrogens is 316 g/mol. The SMILES string of the molecule is Cc1cc(S(=O)(=O)N2C[C@H]3CCC(N)C[C@H]3C2)sc1Cl. The summed E-state index contributed by atoms with van der Waals surface area (Å²) >= 11 is 7.16. The molecule has 1 aromatic heterocycles. The summed E-state index contributed by atoms with van der Waals surface area (Å²) in [6.45, 7) is 3.07. The zero-order chi connectivity index (χ0) is 14.5. The molecule has 0 spiro atoms. The third kappa shape index (κ3) is 2.52. The fourth-order valence-corrected chi connectivity index (χ4v) is 6.72. The molecule has 2 heterocycles. The Labute approximate surface area is 129 Å². The summed E-state index contributed by atoms with van der Waals surface area (Å²) in [5, 5.41) is 0. The number of sulfonamides is 1. The molecule has 1 saturated carbocycles. The lowest BCUT2D eigenvalue weighted by atomic mass is 9.79. The Morgan fingerprint density at radius 1 is 1.35 bits per heavy atom. The second-order valence-corrected chi connectivity index (χ2v) is 9.76. The summed E-state index contributed by atoms with van der Waals surface area (Å²) < 4.78 is 27.9. The average Bonchev–Trinajstić information content (AvgIpc) is 2.94. The zero-order valence-electron chi connectivity index (χ0n) is 11.4. The lowest BCUT2D eigenvalue weighted by molar-refractivity contribution is 0.271. The highest BCUT2D eigenvalue weighted by molar-refractivity contribution is 7.91. The van der Waals surface area contributed by atoms with Crippen LogP contribution in [0.2, 0.25) is 4.34 Å². The van der Waals surface area contributed by atoms with Crippen molar-refractivity contribution in [2.24, 2.45) is 17.6 Å². The van der Waals surface area contributed by atoms with Crippen molar-refractivity contribution < 1.29 is 8.42 Å². The quantitative estimate of drug-likeness (QED) is 0.903. The molecule has 1 saturated heterocycles.